The molecule has 0 aliphatic carbocycles. The van der Waals surface area contributed by atoms with Crippen LogP contribution < -0.4 is 21.1 Å². The zero-order valence-electron chi connectivity index (χ0n) is 19.6. The molecule has 9 heteroatoms. The first-order valence-electron chi connectivity index (χ1n) is 11.5. The lowest BCUT2D eigenvalue weighted by molar-refractivity contribution is -0.122. The van der Waals surface area contributed by atoms with Crippen molar-refractivity contribution in [2.24, 2.45) is 0 Å². The van der Waals surface area contributed by atoms with Gasteiger partial charge in [0.1, 0.15) is 18.2 Å². The van der Waals surface area contributed by atoms with Gasteiger partial charge in [-0.1, -0.05) is 11.6 Å². The van der Waals surface area contributed by atoms with Crippen molar-refractivity contribution in [3.8, 4) is 11.4 Å². The van der Waals surface area contributed by atoms with Gasteiger partial charge in [0.25, 0.3) is 5.56 Å². The van der Waals surface area contributed by atoms with Crippen LogP contribution >= 0.6 is 11.6 Å². The Balaban J connectivity index is 1.83. The number of anilines is 1. The van der Waals surface area contributed by atoms with Gasteiger partial charge in [0.15, 0.2) is 0 Å². The van der Waals surface area contributed by atoms with E-state index in [0.29, 0.717) is 22.5 Å². The number of hydrogen-bond acceptors (Lipinski definition) is 5. The van der Waals surface area contributed by atoms with E-state index in [-0.39, 0.29) is 34.9 Å². The van der Waals surface area contributed by atoms with E-state index in [2.05, 4.69) is 22.5 Å². The molecule has 1 aliphatic heterocycles. The smallest absolute Gasteiger partial charge is 0.262 e. The van der Waals surface area contributed by atoms with Crippen molar-refractivity contribution in [2.75, 3.05) is 24.5 Å². The number of nitrogens with zero attached hydrogens (tertiary/aromatic N) is 3. The maximum absolute atomic E-state index is 13.8. The number of carbonyl (C=O) groups is 1. The third kappa shape index (κ3) is 5.23. The first-order chi connectivity index (χ1) is 16.2. The summed E-state index contributed by atoms with van der Waals surface area (Å²) in [6.45, 7) is 8.23. The van der Waals surface area contributed by atoms with Gasteiger partial charge < -0.3 is 15.5 Å². The Morgan fingerprint density at radius 3 is 2.79 bits per heavy atom. The van der Waals surface area contributed by atoms with Crippen molar-refractivity contribution in [3.05, 3.63) is 57.6 Å². The average molecular weight is 486 g/mol. The number of amides is 1. The molecule has 1 atom stereocenters. The van der Waals surface area contributed by atoms with Crippen LogP contribution in [0.1, 0.15) is 27.2 Å². The molecule has 2 aromatic carbocycles. The summed E-state index contributed by atoms with van der Waals surface area (Å²) in [5, 5.41) is 6.63. The Bertz CT molecular complexity index is 1280. The van der Waals surface area contributed by atoms with Crippen molar-refractivity contribution in [2.45, 2.75) is 45.8 Å². The van der Waals surface area contributed by atoms with Gasteiger partial charge in [0.2, 0.25) is 5.91 Å². The summed E-state index contributed by atoms with van der Waals surface area (Å²) in [5.74, 6) is -0.612. The van der Waals surface area contributed by atoms with E-state index >= 15 is 0 Å². The van der Waals surface area contributed by atoms with E-state index in [0.717, 1.165) is 31.7 Å². The number of nitrogens with one attached hydrogen (secondary N) is 2. The summed E-state index contributed by atoms with van der Waals surface area (Å²) in [6, 6.07) is 10.1. The fraction of sp³-hybridized carbons (Fsp3) is 0.400. The van der Waals surface area contributed by atoms with Gasteiger partial charge in [-0.05, 0) is 63.6 Å². The molecule has 0 spiro atoms. The van der Waals surface area contributed by atoms with Gasteiger partial charge in [0.05, 0.1) is 15.9 Å². The van der Waals surface area contributed by atoms with E-state index in [4.69, 9.17) is 16.6 Å². The number of benzene rings is 2. The highest BCUT2D eigenvalue weighted by molar-refractivity contribution is 6.31. The molecule has 0 saturated carbocycles. The topological polar surface area (TPSA) is 79.3 Å². The van der Waals surface area contributed by atoms with E-state index < -0.39 is 5.82 Å². The Kier molecular flexibility index (Phi) is 7.19. The normalized spacial score (nSPS) is 16.6. The van der Waals surface area contributed by atoms with Gasteiger partial charge in [-0.15, -0.1) is 0 Å². The molecule has 1 saturated heterocycles. The quantitative estimate of drug-likeness (QED) is 0.577. The molecule has 180 valence electrons. The zero-order valence-corrected chi connectivity index (χ0v) is 20.3. The van der Waals surface area contributed by atoms with Crippen molar-refractivity contribution in [3.63, 3.8) is 0 Å². The molecule has 1 unspecified atom stereocenters. The maximum atomic E-state index is 13.8. The van der Waals surface area contributed by atoms with E-state index in [1.54, 1.807) is 0 Å². The molecule has 0 bridgehead atoms. The van der Waals surface area contributed by atoms with Gasteiger partial charge in [-0.3, -0.25) is 14.2 Å². The second-order valence-corrected chi connectivity index (χ2v) is 9.42. The summed E-state index contributed by atoms with van der Waals surface area (Å²) in [7, 11) is 0. The minimum absolute atomic E-state index is 0.0778. The molecule has 1 aliphatic rings. The molecule has 34 heavy (non-hydrogen) atoms. The number of aromatic nitrogens is 2. The molecule has 1 fully saturated rings. The highest BCUT2D eigenvalue weighted by Gasteiger charge is 2.19. The third-order valence-corrected chi connectivity index (χ3v) is 6.23. The zero-order chi connectivity index (χ0) is 24.4. The van der Waals surface area contributed by atoms with Crippen LogP contribution in [0, 0.1) is 5.82 Å². The third-order valence-electron chi connectivity index (χ3n) is 5.94. The van der Waals surface area contributed by atoms with Crippen LogP contribution in [0.3, 0.4) is 0 Å². The standard InChI is InChI=1S/C25H29ClFN5O2/c1-15(2)29-23(33)14-32-24(17-4-6-21(27)20(26)12-17)30-22-7-5-18(13-19(22)25(32)34)31-10-8-16(3)28-9-11-31/h4-7,12-13,15-16,28H,8-11,14H2,1-3H3,(H,29,33). The minimum atomic E-state index is -0.566. The van der Waals surface area contributed by atoms with Crippen LogP contribution in [0.4, 0.5) is 10.1 Å². The molecule has 7 nitrogen and oxygen atoms in total. The molecular formula is C25H29ClFN5O2. The van der Waals surface area contributed by atoms with Crippen LogP contribution in [0.2, 0.25) is 5.02 Å². The largest absolute Gasteiger partial charge is 0.370 e. The summed E-state index contributed by atoms with van der Waals surface area (Å²) < 4.78 is 15.1. The molecule has 2 N–H and O–H groups in total. The van der Waals surface area contributed by atoms with Crippen molar-refractivity contribution in [1.82, 2.24) is 20.2 Å². The molecular weight excluding hydrogens is 457 g/mol. The number of halogens is 2. The lowest BCUT2D eigenvalue weighted by Gasteiger charge is -2.23. The van der Waals surface area contributed by atoms with E-state index in [1.807, 2.05) is 32.0 Å². The van der Waals surface area contributed by atoms with Gasteiger partial charge in [-0.25, -0.2) is 9.37 Å². The summed E-state index contributed by atoms with van der Waals surface area (Å²) in [4.78, 5) is 33.2. The van der Waals surface area contributed by atoms with Crippen molar-refractivity contribution >= 4 is 34.1 Å². The van der Waals surface area contributed by atoms with Crippen LogP contribution in [0.5, 0.6) is 0 Å². The Labute approximate surface area is 202 Å². The number of carbonyl (C=O) groups excluding carboxylic acids is 1. The lowest BCUT2D eigenvalue weighted by Crippen LogP contribution is -2.37. The minimum Gasteiger partial charge on any atom is -0.370 e. The highest BCUT2D eigenvalue weighted by Crippen LogP contribution is 2.26. The van der Waals surface area contributed by atoms with Crippen LogP contribution in [0.25, 0.3) is 22.3 Å². The molecule has 2 heterocycles. The molecule has 4 rings (SSSR count). The van der Waals surface area contributed by atoms with Gasteiger partial charge in [-0.2, -0.15) is 0 Å². The first kappa shape index (κ1) is 24.2. The fourth-order valence-corrected chi connectivity index (χ4v) is 4.37. The van der Waals surface area contributed by atoms with Gasteiger partial charge >= 0.3 is 0 Å². The molecule has 1 aromatic heterocycles. The summed E-state index contributed by atoms with van der Waals surface area (Å²) >= 11 is 6.00. The maximum Gasteiger partial charge on any atom is 0.262 e. The Hall–Kier alpha value is -2.97. The van der Waals surface area contributed by atoms with Crippen LogP contribution in [-0.2, 0) is 11.3 Å². The van der Waals surface area contributed by atoms with Crippen LogP contribution in [0.15, 0.2) is 41.2 Å². The van der Waals surface area contributed by atoms with Crippen molar-refractivity contribution in [1.29, 1.82) is 0 Å². The first-order valence-corrected chi connectivity index (χ1v) is 11.9. The van der Waals surface area contributed by atoms with Gasteiger partial charge in [0, 0.05) is 43.0 Å². The molecule has 3 aromatic rings. The Morgan fingerprint density at radius 2 is 2.06 bits per heavy atom. The average Bonchev–Trinajstić information content (AvgIpc) is 3.01. The highest BCUT2D eigenvalue weighted by atomic mass is 35.5. The van der Waals surface area contributed by atoms with Crippen LogP contribution in [-0.4, -0.2) is 47.2 Å². The fourth-order valence-electron chi connectivity index (χ4n) is 4.19. The van der Waals surface area contributed by atoms with E-state index in [1.165, 1.54) is 22.8 Å². The Morgan fingerprint density at radius 1 is 1.26 bits per heavy atom. The molecule has 0 radical (unpaired) electrons. The molecule has 1 amide bonds. The van der Waals surface area contributed by atoms with E-state index in [9.17, 15) is 14.0 Å². The van der Waals surface area contributed by atoms with Crippen molar-refractivity contribution < 1.29 is 9.18 Å². The number of hydrogen-bond donors (Lipinski definition) is 2. The lowest BCUT2D eigenvalue weighted by atomic mass is 10.1. The monoisotopic (exact) mass is 485 g/mol. The summed E-state index contributed by atoms with van der Waals surface area (Å²) in [5.41, 5.74) is 1.58. The predicted molar refractivity (Wildman–Crippen MR) is 134 cm³/mol. The SMILES string of the molecule is CC(C)NC(=O)Cn1c(-c2ccc(F)c(Cl)c2)nc2ccc(N3CCNC(C)CC3)cc2c1=O. The number of fused-ring (bicyclic) bond motifs is 1. The summed E-state index contributed by atoms with van der Waals surface area (Å²) in [6.07, 6.45) is 1.00. The second-order valence-electron chi connectivity index (χ2n) is 9.01. The number of rotatable bonds is 5. The predicted octanol–water partition coefficient (Wildman–Crippen LogP) is 3.57. The second kappa shape index (κ2) is 10.1.